The lowest BCUT2D eigenvalue weighted by Gasteiger charge is -2.11. The molecule has 0 unspecified atom stereocenters. The summed E-state index contributed by atoms with van der Waals surface area (Å²) < 4.78 is 42.1. The van der Waals surface area contributed by atoms with Gasteiger partial charge in [0.15, 0.2) is 5.75 Å². The molecule has 0 spiro atoms. The zero-order chi connectivity index (χ0) is 14.1. The highest BCUT2D eigenvalue weighted by atomic mass is 19.4. The Morgan fingerprint density at radius 3 is 2.33 bits per heavy atom. The first-order valence-electron chi connectivity index (χ1n) is 4.35. The Labute approximate surface area is 97.7 Å². The molecule has 0 amide bonds. The summed E-state index contributed by atoms with van der Waals surface area (Å²) in [5.41, 5.74) is -3.55. The first kappa shape index (κ1) is 13.7. The van der Waals surface area contributed by atoms with Crippen molar-refractivity contribution in [2.45, 2.75) is 6.18 Å². The number of nitrogens with zero attached hydrogens (tertiary/aromatic N) is 1. The van der Waals surface area contributed by atoms with E-state index >= 15 is 0 Å². The molecule has 98 valence electrons. The van der Waals surface area contributed by atoms with Gasteiger partial charge in [-0.05, 0) is 0 Å². The van der Waals surface area contributed by atoms with Crippen molar-refractivity contribution < 1.29 is 32.7 Å². The molecule has 0 bridgehead atoms. The van der Waals surface area contributed by atoms with Crippen LogP contribution in [-0.2, 0) is 6.18 Å². The van der Waals surface area contributed by atoms with Crippen LogP contribution in [0.1, 0.15) is 15.9 Å². The van der Waals surface area contributed by atoms with Gasteiger partial charge in [-0.15, -0.1) is 0 Å². The Morgan fingerprint density at radius 1 is 1.44 bits per heavy atom. The molecule has 0 aromatic heterocycles. The molecule has 0 saturated carbocycles. The summed E-state index contributed by atoms with van der Waals surface area (Å²) in [5.74, 6) is -2.56. The number of hydrogen-bond donors (Lipinski definition) is 1. The molecule has 6 nitrogen and oxygen atoms in total. The zero-order valence-electron chi connectivity index (χ0n) is 8.82. The van der Waals surface area contributed by atoms with Crippen molar-refractivity contribution in [2.24, 2.45) is 0 Å². The molecule has 0 saturated heterocycles. The Kier molecular flexibility index (Phi) is 3.44. The van der Waals surface area contributed by atoms with Crippen LogP contribution in [0.4, 0.5) is 18.9 Å². The number of halogens is 3. The fourth-order valence-electron chi connectivity index (χ4n) is 1.29. The molecule has 1 aromatic rings. The van der Waals surface area contributed by atoms with Crippen LogP contribution in [0.3, 0.4) is 0 Å². The van der Waals surface area contributed by atoms with Gasteiger partial charge < -0.3 is 9.84 Å². The minimum Gasteiger partial charge on any atom is -0.490 e. The number of carboxylic acids is 1. The number of carbonyl (C=O) groups is 1. The van der Waals surface area contributed by atoms with Crippen LogP contribution in [0.25, 0.3) is 0 Å². The van der Waals surface area contributed by atoms with Gasteiger partial charge in [0.2, 0.25) is 0 Å². The van der Waals surface area contributed by atoms with E-state index in [1.165, 1.54) is 0 Å². The van der Waals surface area contributed by atoms with Crippen molar-refractivity contribution in [3.63, 3.8) is 0 Å². The Bertz CT molecular complexity index is 512. The second-order valence-corrected chi connectivity index (χ2v) is 3.13. The predicted octanol–water partition coefficient (Wildman–Crippen LogP) is 2.32. The molecular weight excluding hydrogens is 259 g/mol. The number of carboxylic acid groups (broad SMARTS) is 1. The normalized spacial score (nSPS) is 11.1. The third-order valence-corrected chi connectivity index (χ3v) is 2.05. The van der Waals surface area contributed by atoms with Crippen molar-refractivity contribution >= 4 is 11.7 Å². The van der Waals surface area contributed by atoms with Gasteiger partial charge in [0, 0.05) is 12.1 Å². The molecule has 1 N–H and O–H groups in total. The molecule has 0 aliphatic rings. The maximum absolute atomic E-state index is 12.6. The van der Waals surface area contributed by atoms with Crippen LogP contribution >= 0.6 is 0 Å². The first-order chi connectivity index (χ1) is 8.18. The summed E-state index contributed by atoms with van der Waals surface area (Å²) in [6.07, 6.45) is -4.95. The van der Waals surface area contributed by atoms with E-state index in [4.69, 9.17) is 5.11 Å². The minimum atomic E-state index is -4.95. The Hall–Kier alpha value is -2.32. The maximum atomic E-state index is 12.6. The SMILES string of the molecule is COc1cc(C(F)(F)F)c(C(=O)O)cc1[N+](=O)[O-]. The number of nitro groups is 1. The number of nitro benzene ring substituents is 1. The van der Waals surface area contributed by atoms with Crippen molar-refractivity contribution in [1.29, 1.82) is 0 Å². The van der Waals surface area contributed by atoms with Gasteiger partial charge in [-0.2, -0.15) is 13.2 Å². The van der Waals surface area contributed by atoms with E-state index in [0.717, 1.165) is 7.11 Å². The van der Waals surface area contributed by atoms with E-state index < -0.39 is 39.6 Å². The fraction of sp³-hybridized carbons (Fsp3) is 0.222. The molecule has 0 aliphatic carbocycles. The van der Waals surface area contributed by atoms with E-state index in [1.807, 2.05) is 0 Å². The van der Waals surface area contributed by atoms with E-state index in [2.05, 4.69) is 4.74 Å². The average molecular weight is 265 g/mol. The molecule has 1 rings (SSSR count). The van der Waals surface area contributed by atoms with Crippen LogP contribution in [-0.4, -0.2) is 23.1 Å². The zero-order valence-corrected chi connectivity index (χ0v) is 8.82. The highest BCUT2D eigenvalue weighted by Crippen LogP contribution is 2.38. The average Bonchev–Trinajstić information content (AvgIpc) is 2.25. The van der Waals surface area contributed by atoms with Crippen molar-refractivity contribution in [1.82, 2.24) is 0 Å². The lowest BCUT2D eigenvalue weighted by molar-refractivity contribution is -0.385. The number of ether oxygens (including phenoxy) is 1. The van der Waals surface area contributed by atoms with Crippen molar-refractivity contribution in [3.05, 3.63) is 33.4 Å². The standard InChI is InChI=1S/C9H6F3NO5/c1-18-7-3-5(9(10,11)12)4(8(14)15)2-6(7)13(16)17/h2-3H,1H3,(H,14,15). The second-order valence-electron chi connectivity index (χ2n) is 3.13. The minimum absolute atomic E-state index is 0.293. The van der Waals surface area contributed by atoms with Gasteiger partial charge in [0.05, 0.1) is 23.2 Å². The Balaban J connectivity index is 3.63. The van der Waals surface area contributed by atoms with Gasteiger partial charge in [-0.1, -0.05) is 0 Å². The summed E-state index contributed by atoms with van der Waals surface area (Å²) in [7, 11) is 0.947. The highest BCUT2D eigenvalue weighted by molar-refractivity contribution is 5.91. The molecule has 0 fully saturated rings. The summed E-state index contributed by atoms with van der Waals surface area (Å²) in [4.78, 5) is 20.2. The van der Waals surface area contributed by atoms with E-state index in [9.17, 15) is 28.1 Å². The summed E-state index contributed by atoms with van der Waals surface area (Å²) >= 11 is 0. The van der Waals surface area contributed by atoms with Crippen LogP contribution in [0.5, 0.6) is 5.75 Å². The summed E-state index contributed by atoms with van der Waals surface area (Å²) in [6.45, 7) is 0. The molecular formula is C9H6F3NO5. The smallest absolute Gasteiger partial charge is 0.417 e. The van der Waals surface area contributed by atoms with Gasteiger partial charge in [0.25, 0.3) is 0 Å². The van der Waals surface area contributed by atoms with Crippen LogP contribution in [0, 0.1) is 10.1 Å². The van der Waals surface area contributed by atoms with Gasteiger partial charge in [-0.3, -0.25) is 10.1 Å². The molecule has 0 atom stereocenters. The third-order valence-electron chi connectivity index (χ3n) is 2.05. The van der Waals surface area contributed by atoms with Gasteiger partial charge in [0.1, 0.15) is 0 Å². The number of aromatic carboxylic acids is 1. The molecule has 0 aliphatic heterocycles. The largest absolute Gasteiger partial charge is 0.490 e. The predicted molar refractivity (Wildman–Crippen MR) is 51.6 cm³/mol. The maximum Gasteiger partial charge on any atom is 0.417 e. The Morgan fingerprint density at radius 2 is 2.00 bits per heavy atom. The number of alkyl halides is 3. The number of benzene rings is 1. The number of methoxy groups -OCH3 is 1. The van der Waals surface area contributed by atoms with E-state index in [0.29, 0.717) is 12.1 Å². The molecule has 1 aromatic carbocycles. The fourth-order valence-corrected chi connectivity index (χ4v) is 1.29. The van der Waals surface area contributed by atoms with Crippen LogP contribution in [0.15, 0.2) is 12.1 Å². The molecule has 18 heavy (non-hydrogen) atoms. The third kappa shape index (κ3) is 2.50. The van der Waals surface area contributed by atoms with Gasteiger partial charge in [-0.25, -0.2) is 4.79 Å². The van der Waals surface area contributed by atoms with E-state index in [-0.39, 0.29) is 0 Å². The van der Waals surface area contributed by atoms with Crippen molar-refractivity contribution in [3.8, 4) is 5.75 Å². The number of rotatable bonds is 3. The van der Waals surface area contributed by atoms with Crippen LogP contribution < -0.4 is 4.74 Å². The molecule has 0 heterocycles. The van der Waals surface area contributed by atoms with Gasteiger partial charge >= 0.3 is 17.8 Å². The first-order valence-corrected chi connectivity index (χ1v) is 4.35. The highest BCUT2D eigenvalue weighted by Gasteiger charge is 2.38. The second kappa shape index (κ2) is 4.51. The lowest BCUT2D eigenvalue weighted by atomic mass is 10.1. The monoisotopic (exact) mass is 265 g/mol. The molecule has 0 radical (unpaired) electrons. The van der Waals surface area contributed by atoms with Crippen molar-refractivity contribution in [2.75, 3.05) is 7.11 Å². The lowest BCUT2D eigenvalue weighted by Crippen LogP contribution is -2.14. The van der Waals surface area contributed by atoms with E-state index in [1.54, 1.807) is 0 Å². The summed E-state index contributed by atoms with van der Waals surface area (Å²) in [6, 6.07) is 0.617. The topological polar surface area (TPSA) is 89.7 Å². The number of hydrogen-bond acceptors (Lipinski definition) is 4. The van der Waals surface area contributed by atoms with Crippen LogP contribution in [0.2, 0.25) is 0 Å². The molecule has 9 heteroatoms. The summed E-state index contributed by atoms with van der Waals surface area (Å²) in [5, 5.41) is 19.2. The quantitative estimate of drug-likeness (QED) is 0.669.